The van der Waals surface area contributed by atoms with E-state index >= 15 is 0 Å². The van der Waals surface area contributed by atoms with Crippen LogP contribution in [0.25, 0.3) is 0 Å². The van der Waals surface area contributed by atoms with Crippen LogP contribution in [0, 0.1) is 5.82 Å². The molecule has 1 fully saturated rings. The average molecular weight is 256 g/mol. The molecule has 4 heteroatoms. The van der Waals surface area contributed by atoms with Gasteiger partial charge in [-0.2, -0.15) is 0 Å². The zero-order valence-corrected chi connectivity index (χ0v) is 10.5. The Hall–Kier alpha value is -0.900. The molecular formula is C13H17FO2S. The van der Waals surface area contributed by atoms with Gasteiger partial charge >= 0.3 is 0 Å². The van der Waals surface area contributed by atoms with Gasteiger partial charge in [0.2, 0.25) is 0 Å². The molecule has 2 rings (SSSR count). The van der Waals surface area contributed by atoms with Crippen LogP contribution in [0.3, 0.4) is 0 Å². The van der Waals surface area contributed by atoms with E-state index in [1.807, 2.05) is 0 Å². The third-order valence-electron chi connectivity index (χ3n) is 3.38. The van der Waals surface area contributed by atoms with Gasteiger partial charge in [0.1, 0.15) is 10.7 Å². The predicted octanol–water partition coefficient (Wildman–Crippen LogP) is 3.32. The first kappa shape index (κ1) is 12.6. The monoisotopic (exact) mass is 256 g/mol. The van der Waals surface area contributed by atoms with Crippen molar-refractivity contribution in [2.75, 3.05) is 0 Å². The molecule has 0 radical (unpaired) electrons. The number of benzene rings is 1. The van der Waals surface area contributed by atoms with Crippen molar-refractivity contribution in [3.05, 3.63) is 30.1 Å². The maximum atomic E-state index is 13.6. The molecule has 0 aromatic heterocycles. The molecule has 0 saturated heterocycles. The first-order valence-electron chi connectivity index (χ1n) is 6.11. The van der Waals surface area contributed by atoms with Crippen molar-refractivity contribution >= 4 is 9.84 Å². The van der Waals surface area contributed by atoms with Crippen molar-refractivity contribution in [2.24, 2.45) is 0 Å². The highest BCUT2D eigenvalue weighted by Gasteiger charge is 2.29. The van der Waals surface area contributed by atoms with E-state index in [9.17, 15) is 12.8 Å². The van der Waals surface area contributed by atoms with E-state index in [1.54, 1.807) is 6.07 Å². The Morgan fingerprint density at radius 3 is 2.18 bits per heavy atom. The maximum Gasteiger partial charge on any atom is 0.184 e. The van der Waals surface area contributed by atoms with Gasteiger partial charge in [-0.05, 0) is 25.0 Å². The zero-order chi connectivity index (χ0) is 12.3. The standard InChI is InChI=1S/C13H17FO2S/c14-12-9-5-6-10-13(12)17(15,16)11-7-3-1-2-4-8-11/h5-6,9-11H,1-4,7-8H2. The molecule has 1 aliphatic rings. The van der Waals surface area contributed by atoms with E-state index in [2.05, 4.69) is 0 Å². The Morgan fingerprint density at radius 2 is 1.59 bits per heavy atom. The highest BCUT2D eigenvalue weighted by atomic mass is 32.2. The fourth-order valence-electron chi connectivity index (χ4n) is 2.41. The summed E-state index contributed by atoms with van der Waals surface area (Å²) in [5, 5.41) is -0.401. The van der Waals surface area contributed by atoms with Crippen molar-refractivity contribution in [1.29, 1.82) is 0 Å². The molecule has 1 aromatic carbocycles. The molecule has 0 heterocycles. The molecule has 0 atom stereocenters. The molecule has 2 nitrogen and oxygen atoms in total. The van der Waals surface area contributed by atoms with Crippen LogP contribution in [-0.4, -0.2) is 13.7 Å². The quantitative estimate of drug-likeness (QED) is 0.761. The van der Waals surface area contributed by atoms with Gasteiger partial charge in [-0.1, -0.05) is 37.8 Å². The lowest BCUT2D eigenvalue weighted by atomic mass is 10.2. The summed E-state index contributed by atoms with van der Waals surface area (Å²) in [6.07, 6.45) is 5.36. The van der Waals surface area contributed by atoms with Gasteiger partial charge in [-0.15, -0.1) is 0 Å². The van der Waals surface area contributed by atoms with Crippen LogP contribution in [0.5, 0.6) is 0 Å². The average Bonchev–Trinajstić information content (AvgIpc) is 2.58. The Labute approximate surface area is 102 Å². The summed E-state index contributed by atoms with van der Waals surface area (Å²) in [6.45, 7) is 0. The third kappa shape index (κ3) is 2.68. The highest BCUT2D eigenvalue weighted by Crippen LogP contribution is 2.28. The van der Waals surface area contributed by atoms with Gasteiger partial charge in [0.25, 0.3) is 0 Å². The molecule has 0 spiro atoms. The molecule has 0 bridgehead atoms. The summed E-state index contributed by atoms with van der Waals surface area (Å²) in [4.78, 5) is -0.132. The third-order valence-corrected chi connectivity index (χ3v) is 5.68. The van der Waals surface area contributed by atoms with Gasteiger partial charge in [-0.3, -0.25) is 0 Å². The Balaban J connectivity index is 2.32. The van der Waals surface area contributed by atoms with Gasteiger partial charge in [0, 0.05) is 0 Å². The first-order chi connectivity index (χ1) is 8.12. The minimum absolute atomic E-state index is 0.132. The molecule has 0 aliphatic heterocycles. The van der Waals surface area contributed by atoms with Crippen LogP contribution in [0.1, 0.15) is 38.5 Å². The number of halogens is 1. The Kier molecular flexibility index (Phi) is 3.82. The van der Waals surface area contributed by atoms with Crippen LogP contribution in [0.2, 0.25) is 0 Å². The van der Waals surface area contributed by atoms with E-state index < -0.39 is 20.9 Å². The van der Waals surface area contributed by atoms with E-state index in [1.165, 1.54) is 18.2 Å². The van der Waals surface area contributed by atoms with E-state index in [0.29, 0.717) is 12.8 Å². The van der Waals surface area contributed by atoms with Crippen LogP contribution in [-0.2, 0) is 9.84 Å². The zero-order valence-electron chi connectivity index (χ0n) is 9.73. The lowest BCUT2D eigenvalue weighted by molar-refractivity contribution is 0.544. The molecule has 1 aromatic rings. The second-order valence-electron chi connectivity index (χ2n) is 4.59. The normalized spacial score (nSPS) is 18.9. The molecule has 0 unspecified atom stereocenters. The van der Waals surface area contributed by atoms with E-state index in [-0.39, 0.29) is 4.90 Å². The molecule has 94 valence electrons. The fourth-order valence-corrected chi connectivity index (χ4v) is 4.33. The minimum atomic E-state index is -3.49. The van der Waals surface area contributed by atoms with Crippen molar-refractivity contribution < 1.29 is 12.8 Å². The Morgan fingerprint density at radius 1 is 1.00 bits per heavy atom. The second kappa shape index (κ2) is 5.17. The van der Waals surface area contributed by atoms with Crippen LogP contribution in [0.4, 0.5) is 4.39 Å². The summed E-state index contributed by atoms with van der Waals surface area (Å²) in [5.74, 6) is -0.628. The van der Waals surface area contributed by atoms with Gasteiger partial charge in [-0.25, -0.2) is 12.8 Å². The minimum Gasteiger partial charge on any atom is -0.223 e. The summed E-state index contributed by atoms with van der Waals surface area (Å²) < 4.78 is 38.2. The van der Waals surface area contributed by atoms with E-state index in [0.717, 1.165) is 25.7 Å². The van der Waals surface area contributed by atoms with Crippen molar-refractivity contribution in [1.82, 2.24) is 0 Å². The van der Waals surface area contributed by atoms with Crippen LogP contribution in [0.15, 0.2) is 29.2 Å². The topological polar surface area (TPSA) is 34.1 Å². The van der Waals surface area contributed by atoms with Crippen LogP contribution < -0.4 is 0 Å². The lowest BCUT2D eigenvalue weighted by Crippen LogP contribution is -2.21. The van der Waals surface area contributed by atoms with E-state index in [4.69, 9.17) is 0 Å². The first-order valence-corrected chi connectivity index (χ1v) is 7.65. The van der Waals surface area contributed by atoms with Crippen molar-refractivity contribution in [2.45, 2.75) is 48.7 Å². The number of rotatable bonds is 2. The van der Waals surface area contributed by atoms with Gasteiger partial charge in [0.15, 0.2) is 9.84 Å². The molecular weight excluding hydrogens is 239 g/mol. The smallest absolute Gasteiger partial charge is 0.184 e. The largest absolute Gasteiger partial charge is 0.223 e. The molecule has 1 aliphatic carbocycles. The number of sulfone groups is 1. The van der Waals surface area contributed by atoms with Gasteiger partial charge in [0.05, 0.1) is 5.25 Å². The summed E-state index contributed by atoms with van der Waals surface area (Å²) in [6, 6.07) is 5.67. The second-order valence-corrected chi connectivity index (χ2v) is 6.79. The summed E-state index contributed by atoms with van der Waals surface area (Å²) in [5.41, 5.74) is 0. The number of hydrogen-bond donors (Lipinski definition) is 0. The molecule has 0 amide bonds. The SMILES string of the molecule is O=S(=O)(c1ccccc1F)C1CCCCCC1. The Bertz CT molecular complexity index is 474. The summed E-state index contributed by atoms with van der Waals surface area (Å²) in [7, 11) is -3.49. The lowest BCUT2D eigenvalue weighted by Gasteiger charge is -2.15. The van der Waals surface area contributed by atoms with Crippen LogP contribution >= 0.6 is 0 Å². The van der Waals surface area contributed by atoms with Gasteiger partial charge < -0.3 is 0 Å². The van der Waals surface area contributed by atoms with Crippen molar-refractivity contribution in [3.63, 3.8) is 0 Å². The molecule has 1 saturated carbocycles. The highest BCUT2D eigenvalue weighted by molar-refractivity contribution is 7.92. The fraction of sp³-hybridized carbons (Fsp3) is 0.538. The summed E-state index contributed by atoms with van der Waals surface area (Å²) >= 11 is 0. The predicted molar refractivity (Wildman–Crippen MR) is 65.1 cm³/mol. The molecule has 17 heavy (non-hydrogen) atoms. The number of hydrogen-bond acceptors (Lipinski definition) is 2. The molecule has 0 N–H and O–H groups in total. The van der Waals surface area contributed by atoms with Crippen molar-refractivity contribution in [3.8, 4) is 0 Å². The maximum absolute atomic E-state index is 13.6.